The van der Waals surface area contributed by atoms with Crippen LogP contribution >= 0.6 is 11.8 Å². The predicted octanol–water partition coefficient (Wildman–Crippen LogP) is 5.83. The van der Waals surface area contributed by atoms with Crippen molar-refractivity contribution in [1.29, 1.82) is 0 Å². The molecule has 4 aromatic rings. The number of thioether (sulfide) groups is 1. The number of anilines is 1. The summed E-state index contributed by atoms with van der Waals surface area (Å²) >= 11 is 1.66. The van der Waals surface area contributed by atoms with E-state index in [2.05, 4.69) is 44.3 Å². The molecule has 0 aliphatic rings. The summed E-state index contributed by atoms with van der Waals surface area (Å²) in [6.07, 6.45) is 4.27. The molecule has 2 heterocycles. The average molecular weight is 416 g/mol. The lowest BCUT2D eigenvalue weighted by Crippen LogP contribution is -2.16. The highest BCUT2D eigenvalue weighted by Crippen LogP contribution is 2.28. The Labute approximate surface area is 181 Å². The van der Waals surface area contributed by atoms with E-state index in [0.29, 0.717) is 0 Å². The van der Waals surface area contributed by atoms with Gasteiger partial charge in [-0.1, -0.05) is 18.2 Å². The van der Waals surface area contributed by atoms with Crippen molar-refractivity contribution in [2.45, 2.75) is 32.1 Å². The molecule has 0 radical (unpaired) electrons. The van der Waals surface area contributed by atoms with Crippen molar-refractivity contribution in [3.05, 3.63) is 83.2 Å². The van der Waals surface area contributed by atoms with E-state index >= 15 is 0 Å². The summed E-state index contributed by atoms with van der Waals surface area (Å²) in [5.74, 6) is -0.0549. The molecule has 2 aromatic heterocycles. The van der Waals surface area contributed by atoms with Gasteiger partial charge in [0.1, 0.15) is 5.65 Å². The Balaban J connectivity index is 1.72. The molecule has 5 heteroatoms. The lowest BCUT2D eigenvalue weighted by molar-refractivity contribution is -0.115. The second-order valence-corrected chi connectivity index (χ2v) is 8.47. The van der Waals surface area contributed by atoms with E-state index in [1.807, 2.05) is 53.3 Å². The summed E-state index contributed by atoms with van der Waals surface area (Å²) < 4.78 is 2.02. The minimum atomic E-state index is -0.0549. The normalized spacial score (nSPS) is 11.1. The number of aromatic nitrogens is 2. The van der Waals surface area contributed by atoms with E-state index in [1.165, 1.54) is 11.1 Å². The maximum Gasteiger partial charge on any atom is 0.230 e. The van der Waals surface area contributed by atoms with Crippen molar-refractivity contribution in [2.75, 3.05) is 11.6 Å². The molecular weight excluding hydrogens is 390 g/mol. The van der Waals surface area contributed by atoms with E-state index in [1.54, 1.807) is 11.8 Å². The van der Waals surface area contributed by atoms with Gasteiger partial charge in [-0.25, -0.2) is 4.98 Å². The molecule has 30 heavy (non-hydrogen) atoms. The van der Waals surface area contributed by atoms with Gasteiger partial charge in [0, 0.05) is 22.3 Å². The Kier molecular flexibility index (Phi) is 5.64. The largest absolute Gasteiger partial charge is 0.326 e. The van der Waals surface area contributed by atoms with E-state index in [4.69, 9.17) is 4.98 Å². The maximum absolute atomic E-state index is 12.9. The molecule has 1 N–H and O–H groups in total. The smallest absolute Gasteiger partial charge is 0.230 e. The van der Waals surface area contributed by atoms with Gasteiger partial charge in [0.25, 0.3) is 0 Å². The van der Waals surface area contributed by atoms with Crippen molar-refractivity contribution in [2.24, 2.45) is 0 Å². The highest BCUT2D eigenvalue weighted by Gasteiger charge is 2.18. The second-order valence-electron chi connectivity index (χ2n) is 7.60. The molecule has 1 amide bonds. The number of rotatable bonds is 5. The Morgan fingerprint density at radius 1 is 1.03 bits per heavy atom. The highest BCUT2D eigenvalue weighted by molar-refractivity contribution is 7.98. The first-order chi connectivity index (χ1) is 14.4. The average Bonchev–Trinajstić information content (AvgIpc) is 3.07. The van der Waals surface area contributed by atoms with Gasteiger partial charge in [-0.2, -0.15) is 0 Å². The molecule has 0 saturated carbocycles. The van der Waals surface area contributed by atoms with E-state index in [9.17, 15) is 4.79 Å². The van der Waals surface area contributed by atoms with Crippen LogP contribution in [0.15, 0.2) is 65.7 Å². The molecule has 2 aromatic carbocycles. The number of benzene rings is 2. The molecule has 0 unspecified atom stereocenters. The molecule has 0 saturated heterocycles. The number of carbonyl (C=O) groups is 1. The number of nitrogens with zero attached hydrogens (tertiary/aromatic N) is 2. The van der Waals surface area contributed by atoms with Crippen molar-refractivity contribution < 1.29 is 4.79 Å². The fourth-order valence-electron chi connectivity index (χ4n) is 3.54. The van der Waals surface area contributed by atoms with Crippen LogP contribution in [0.2, 0.25) is 0 Å². The van der Waals surface area contributed by atoms with Gasteiger partial charge in [0.05, 0.1) is 17.8 Å². The molecular formula is C25H25N3OS. The molecule has 0 spiro atoms. The van der Waals surface area contributed by atoms with Crippen LogP contribution < -0.4 is 5.32 Å². The van der Waals surface area contributed by atoms with Crippen LogP contribution in [-0.2, 0) is 11.2 Å². The fourth-order valence-corrected chi connectivity index (χ4v) is 4.00. The number of amides is 1. The molecule has 152 valence electrons. The Hall–Kier alpha value is -3.05. The van der Waals surface area contributed by atoms with Gasteiger partial charge in [0.2, 0.25) is 5.91 Å². The van der Waals surface area contributed by atoms with Crippen LogP contribution in [0, 0.1) is 20.8 Å². The number of fused-ring (bicyclic) bond motifs is 1. The number of imidazole rings is 1. The number of aryl methyl sites for hydroxylation is 3. The third-order valence-corrected chi connectivity index (χ3v) is 6.07. The molecule has 4 nitrogen and oxygen atoms in total. The van der Waals surface area contributed by atoms with Crippen molar-refractivity contribution >= 4 is 29.0 Å². The van der Waals surface area contributed by atoms with Gasteiger partial charge in [0.15, 0.2) is 0 Å². The van der Waals surface area contributed by atoms with Gasteiger partial charge in [-0.3, -0.25) is 4.79 Å². The number of pyridine rings is 1. The SMILES string of the molecule is CSc1cccc(NC(=O)Cc2c(-c3ccc(C)c(C)c3)nc3cc(C)ccn23)c1. The van der Waals surface area contributed by atoms with Crippen LogP contribution in [0.25, 0.3) is 16.9 Å². The minimum Gasteiger partial charge on any atom is -0.326 e. The molecule has 0 bridgehead atoms. The summed E-state index contributed by atoms with van der Waals surface area (Å²) in [5, 5.41) is 3.04. The van der Waals surface area contributed by atoms with Crippen LogP contribution in [0.3, 0.4) is 0 Å². The Morgan fingerprint density at radius 2 is 1.87 bits per heavy atom. The predicted molar refractivity (Wildman–Crippen MR) is 125 cm³/mol. The number of nitrogens with one attached hydrogen (secondary N) is 1. The quantitative estimate of drug-likeness (QED) is 0.417. The lowest BCUT2D eigenvalue weighted by atomic mass is 10.0. The summed E-state index contributed by atoms with van der Waals surface area (Å²) in [4.78, 5) is 18.9. The van der Waals surface area contributed by atoms with Crippen LogP contribution in [0.5, 0.6) is 0 Å². The molecule has 4 rings (SSSR count). The van der Waals surface area contributed by atoms with Crippen molar-refractivity contribution in [3.63, 3.8) is 0 Å². The van der Waals surface area contributed by atoms with Gasteiger partial charge in [-0.15, -0.1) is 11.8 Å². The first-order valence-electron chi connectivity index (χ1n) is 9.93. The third kappa shape index (κ3) is 4.12. The molecule has 0 atom stereocenters. The topological polar surface area (TPSA) is 46.4 Å². The summed E-state index contributed by atoms with van der Waals surface area (Å²) in [6.45, 7) is 6.25. The van der Waals surface area contributed by atoms with Gasteiger partial charge in [-0.05, 0) is 80.1 Å². The van der Waals surface area contributed by atoms with Crippen LogP contribution in [0.1, 0.15) is 22.4 Å². The number of hydrogen-bond acceptors (Lipinski definition) is 3. The lowest BCUT2D eigenvalue weighted by Gasteiger charge is -2.09. The zero-order chi connectivity index (χ0) is 21.3. The zero-order valence-electron chi connectivity index (χ0n) is 17.7. The minimum absolute atomic E-state index is 0.0549. The molecule has 0 fully saturated rings. The third-order valence-electron chi connectivity index (χ3n) is 5.34. The van der Waals surface area contributed by atoms with Crippen LogP contribution in [-0.4, -0.2) is 21.5 Å². The number of carbonyl (C=O) groups excluding carboxylic acids is 1. The summed E-state index contributed by atoms with van der Waals surface area (Å²) in [7, 11) is 0. The fraction of sp³-hybridized carbons (Fsp3) is 0.200. The number of hydrogen-bond donors (Lipinski definition) is 1. The van der Waals surface area contributed by atoms with E-state index < -0.39 is 0 Å². The first kappa shape index (κ1) is 20.2. The van der Waals surface area contributed by atoms with Gasteiger partial charge < -0.3 is 9.72 Å². The Bertz CT molecular complexity index is 1240. The molecule has 0 aliphatic carbocycles. The second kappa shape index (κ2) is 8.36. The molecule has 0 aliphatic heterocycles. The van der Waals surface area contributed by atoms with Crippen molar-refractivity contribution in [3.8, 4) is 11.3 Å². The van der Waals surface area contributed by atoms with Gasteiger partial charge >= 0.3 is 0 Å². The Morgan fingerprint density at radius 3 is 2.63 bits per heavy atom. The summed E-state index contributed by atoms with van der Waals surface area (Å²) in [5.41, 5.74) is 8.05. The van der Waals surface area contributed by atoms with E-state index in [-0.39, 0.29) is 12.3 Å². The zero-order valence-corrected chi connectivity index (χ0v) is 18.5. The first-order valence-corrected chi connectivity index (χ1v) is 11.2. The van der Waals surface area contributed by atoms with Crippen molar-refractivity contribution in [1.82, 2.24) is 9.38 Å². The monoisotopic (exact) mass is 415 g/mol. The summed E-state index contributed by atoms with van der Waals surface area (Å²) in [6, 6.07) is 18.3. The maximum atomic E-state index is 12.9. The van der Waals surface area contributed by atoms with Crippen LogP contribution in [0.4, 0.5) is 5.69 Å². The highest BCUT2D eigenvalue weighted by atomic mass is 32.2. The standard InChI is InChI=1S/C25H25N3OS/c1-16-10-11-28-22(15-24(29)26-20-6-5-7-21(14-20)30-4)25(27-23(28)12-16)19-9-8-17(2)18(3)13-19/h5-14H,15H2,1-4H3,(H,26,29). The van der Waals surface area contributed by atoms with E-state index in [0.717, 1.165) is 38.7 Å².